The van der Waals surface area contributed by atoms with Crippen LogP contribution < -0.4 is 34.7 Å². The van der Waals surface area contributed by atoms with Crippen molar-refractivity contribution in [1.29, 1.82) is 5.26 Å². The fourth-order valence-electron chi connectivity index (χ4n) is 0.198. The zero-order valence-electron chi connectivity index (χ0n) is 5.78. The smallest absolute Gasteiger partial charge is 0.544 e. The van der Waals surface area contributed by atoms with Gasteiger partial charge in [-0.05, 0) is 0 Å². The van der Waals surface area contributed by atoms with Gasteiger partial charge in [0, 0.05) is 0 Å². The Bertz CT molecular complexity index is 224. The molecule has 62 valence electrons. The molecule has 0 rings (SSSR count). The first-order valence-corrected chi connectivity index (χ1v) is 2.14. The Morgan fingerprint density at radius 1 is 1.33 bits per heavy atom. The van der Waals surface area contributed by atoms with Crippen molar-refractivity contribution in [3.63, 3.8) is 0 Å². The average Bonchev–Trinajstić information content (AvgIpc) is 1.87. The zero-order chi connectivity index (χ0) is 9.28. The molecule has 0 unspecified atom stereocenters. The van der Waals surface area contributed by atoms with Crippen LogP contribution >= 0.6 is 0 Å². The summed E-state index contributed by atoms with van der Waals surface area (Å²) in [7, 11) is 0. The topological polar surface area (TPSA) is 63.9 Å². The summed E-state index contributed by atoms with van der Waals surface area (Å²) in [6.07, 6.45) is 0. The van der Waals surface area contributed by atoms with E-state index in [4.69, 9.17) is 5.26 Å². The Hall–Kier alpha value is -0.320. The fraction of sp³-hybridized carbons (Fsp3) is 0.500. The largest absolute Gasteiger partial charge is 1.00 e. The predicted molar refractivity (Wildman–Crippen MR) is 20.5 cm³/mol. The molecule has 8 heteroatoms. The number of rotatable bonds is 2. The number of carbonyl (C=O) groups excluding carboxylic acids is 1. The van der Waals surface area contributed by atoms with Crippen LogP contribution in [-0.2, 0) is 4.79 Å². The van der Waals surface area contributed by atoms with Crippen molar-refractivity contribution in [3.8, 4) is 6.07 Å². The number of nitrogens with zero attached hydrogens (tertiary/aromatic N) is 1. The summed E-state index contributed by atoms with van der Waals surface area (Å²) in [5.74, 6) is -13.9. The standard InChI is InChI=1S/C4HF4NO2.Na/c5-3(6,1-9)4(7,8)2(10)11;/h(H,10,11);/q;+1/p-1. The number of carbonyl (C=O) groups is 1. The quantitative estimate of drug-likeness (QED) is 0.338. The van der Waals surface area contributed by atoms with Gasteiger partial charge in [0.25, 0.3) is 0 Å². The van der Waals surface area contributed by atoms with Gasteiger partial charge in [0.1, 0.15) is 12.0 Å². The van der Waals surface area contributed by atoms with Crippen LogP contribution in [-0.4, -0.2) is 17.8 Å². The van der Waals surface area contributed by atoms with Crippen LogP contribution in [0.1, 0.15) is 0 Å². The SMILES string of the molecule is N#CC(F)(F)C(F)(F)C(=O)[O-].[Na+]. The minimum absolute atomic E-state index is 0. The zero-order valence-corrected chi connectivity index (χ0v) is 7.78. The van der Waals surface area contributed by atoms with Gasteiger partial charge < -0.3 is 9.90 Å². The van der Waals surface area contributed by atoms with Crippen LogP contribution in [0.3, 0.4) is 0 Å². The summed E-state index contributed by atoms with van der Waals surface area (Å²) in [5.41, 5.74) is 0. The van der Waals surface area contributed by atoms with Gasteiger partial charge in [0.05, 0.1) is 0 Å². The number of hydrogen-bond acceptors (Lipinski definition) is 3. The second-order valence-electron chi connectivity index (χ2n) is 1.55. The van der Waals surface area contributed by atoms with Gasteiger partial charge in [-0.2, -0.15) is 22.8 Å². The molecule has 0 atom stereocenters. The molecule has 0 spiro atoms. The minimum atomic E-state index is -5.44. The summed E-state index contributed by atoms with van der Waals surface area (Å²) < 4.78 is 46.7. The molecule has 0 aromatic heterocycles. The molecule has 0 amide bonds. The number of alkyl halides is 4. The van der Waals surface area contributed by atoms with Crippen molar-refractivity contribution in [1.82, 2.24) is 0 Å². The number of hydrogen-bond donors (Lipinski definition) is 0. The molecule has 0 bridgehead atoms. The maximum Gasteiger partial charge on any atom is 1.00 e. The molecule has 12 heavy (non-hydrogen) atoms. The van der Waals surface area contributed by atoms with E-state index in [1.807, 2.05) is 0 Å². The van der Waals surface area contributed by atoms with E-state index in [0.29, 0.717) is 0 Å². The second kappa shape index (κ2) is 4.07. The van der Waals surface area contributed by atoms with Gasteiger partial charge in [-0.15, -0.1) is 0 Å². The van der Waals surface area contributed by atoms with Crippen molar-refractivity contribution in [2.75, 3.05) is 0 Å². The Kier molecular flexibility index (Phi) is 4.82. The molecule has 0 aromatic rings. The molecular weight excluding hydrogens is 193 g/mol. The molecule has 0 saturated carbocycles. The summed E-state index contributed by atoms with van der Waals surface area (Å²) in [4.78, 5) is 9.33. The van der Waals surface area contributed by atoms with Gasteiger partial charge in [-0.25, -0.2) is 0 Å². The van der Waals surface area contributed by atoms with Gasteiger partial charge in [-0.3, -0.25) is 0 Å². The summed E-state index contributed by atoms with van der Waals surface area (Å²) in [6, 6.07) is -0.141. The van der Waals surface area contributed by atoms with Gasteiger partial charge in [0.15, 0.2) is 0 Å². The van der Waals surface area contributed by atoms with Crippen LogP contribution in [0, 0.1) is 11.3 Å². The van der Waals surface area contributed by atoms with E-state index in [-0.39, 0.29) is 35.6 Å². The molecule has 0 radical (unpaired) electrons. The van der Waals surface area contributed by atoms with Crippen molar-refractivity contribution >= 4 is 5.97 Å². The molecule has 0 N–H and O–H groups in total. The van der Waals surface area contributed by atoms with E-state index in [9.17, 15) is 27.5 Å². The van der Waals surface area contributed by atoms with Crippen LogP contribution in [0.4, 0.5) is 17.6 Å². The molecule has 0 aliphatic rings. The number of carboxylic acids is 1. The molecule has 0 aliphatic heterocycles. The van der Waals surface area contributed by atoms with Crippen LogP contribution in [0.2, 0.25) is 0 Å². The first-order valence-electron chi connectivity index (χ1n) is 2.14. The first-order chi connectivity index (χ1) is 4.75. The molecular formula is C4F4NNaO2. The summed E-state index contributed by atoms with van der Waals surface area (Å²) in [6.45, 7) is 0. The Morgan fingerprint density at radius 2 is 1.67 bits per heavy atom. The monoisotopic (exact) mass is 193 g/mol. The molecule has 0 fully saturated rings. The number of nitriles is 1. The molecule has 0 aromatic carbocycles. The van der Waals surface area contributed by atoms with Gasteiger partial charge in [-0.1, -0.05) is 0 Å². The number of carboxylic acid groups (broad SMARTS) is 1. The predicted octanol–water partition coefficient (Wildman–Crippen LogP) is -3.47. The van der Waals surface area contributed by atoms with Gasteiger partial charge in [0.2, 0.25) is 0 Å². The Labute approximate surface area is 86.3 Å². The summed E-state index contributed by atoms with van der Waals surface area (Å²) >= 11 is 0. The van der Waals surface area contributed by atoms with Crippen molar-refractivity contribution in [3.05, 3.63) is 0 Å². The van der Waals surface area contributed by atoms with Crippen LogP contribution in [0.5, 0.6) is 0 Å². The average molecular weight is 193 g/mol. The number of aliphatic carboxylic acids is 1. The second-order valence-corrected chi connectivity index (χ2v) is 1.55. The van der Waals surface area contributed by atoms with Crippen LogP contribution in [0.15, 0.2) is 0 Å². The van der Waals surface area contributed by atoms with E-state index < -0.39 is 17.8 Å². The minimum Gasteiger partial charge on any atom is -0.544 e. The maximum absolute atomic E-state index is 11.7. The van der Waals surface area contributed by atoms with E-state index in [1.54, 1.807) is 0 Å². The van der Waals surface area contributed by atoms with E-state index in [0.717, 1.165) is 0 Å². The number of halogens is 4. The van der Waals surface area contributed by atoms with Crippen LogP contribution in [0.25, 0.3) is 0 Å². The van der Waals surface area contributed by atoms with Crippen molar-refractivity contribution < 1.29 is 57.0 Å². The maximum atomic E-state index is 11.7. The molecule has 0 aliphatic carbocycles. The fourth-order valence-corrected chi connectivity index (χ4v) is 0.198. The van der Waals surface area contributed by atoms with E-state index in [1.165, 1.54) is 0 Å². The Morgan fingerprint density at radius 3 is 1.75 bits per heavy atom. The van der Waals surface area contributed by atoms with Crippen molar-refractivity contribution in [2.45, 2.75) is 11.8 Å². The normalized spacial score (nSPS) is 11.2. The molecule has 0 saturated heterocycles. The molecule has 3 nitrogen and oxygen atoms in total. The first kappa shape index (κ1) is 14.2. The Balaban J connectivity index is 0. The van der Waals surface area contributed by atoms with E-state index >= 15 is 0 Å². The third-order valence-corrected chi connectivity index (χ3v) is 0.791. The van der Waals surface area contributed by atoms with Crippen molar-refractivity contribution in [2.24, 2.45) is 0 Å². The van der Waals surface area contributed by atoms with Gasteiger partial charge >= 0.3 is 41.4 Å². The third-order valence-electron chi connectivity index (χ3n) is 0.791. The summed E-state index contributed by atoms with van der Waals surface area (Å²) in [5, 5.41) is 16.7. The molecule has 0 heterocycles. The van der Waals surface area contributed by atoms with E-state index in [2.05, 4.69) is 0 Å². The third kappa shape index (κ3) is 2.33.